The van der Waals surface area contributed by atoms with E-state index in [9.17, 15) is 9.90 Å². The van der Waals surface area contributed by atoms with Crippen LogP contribution in [-0.2, 0) is 11.3 Å². The van der Waals surface area contributed by atoms with Crippen LogP contribution in [0.2, 0.25) is 0 Å². The largest absolute Gasteiger partial charge is 0.481 e. The van der Waals surface area contributed by atoms with E-state index >= 15 is 0 Å². The van der Waals surface area contributed by atoms with Gasteiger partial charge in [0.25, 0.3) is 0 Å². The molecule has 116 valence electrons. The number of fused-ring (bicyclic) bond motifs is 1. The van der Waals surface area contributed by atoms with Crippen molar-refractivity contribution in [1.29, 1.82) is 0 Å². The molecule has 3 rings (SSSR count). The molecule has 2 aliphatic rings. The summed E-state index contributed by atoms with van der Waals surface area (Å²) >= 11 is 0. The van der Waals surface area contributed by atoms with Crippen LogP contribution in [-0.4, -0.2) is 31.3 Å². The molecule has 0 radical (unpaired) electrons. The fourth-order valence-electron chi connectivity index (χ4n) is 4.07. The highest BCUT2D eigenvalue weighted by atomic mass is 16.4. The zero-order valence-electron chi connectivity index (χ0n) is 12.8. The second kappa shape index (κ2) is 5.39. The average Bonchev–Trinajstić information content (AvgIpc) is 3.05. The van der Waals surface area contributed by atoms with Crippen molar-refractivity contribution in [2.24, 2.45) is 17.3 Å². The minimum Gasteiger partial charge on any atom is -0.481 e. The Morgan fingerprint density at radius 3 is 2.43 bits per heavy atom. The van der Waals surface area contributed by atoms with Gasteiger partial charge in [-0.15, -0.1) is 5.10 Å². The van der Waals surface area contributed by atoms with Crippen LogP contribution in [0.1, 0.15) is 64.1 Å². The van der Waals surface area contributed by atoms with Gasteiger partial charge < -0.3 is 5.11 Å². The summed E-state index contributed by atoms with van der Waals surface area (Å²) in [4.78, 5) is 11.7. The number of hydrogen-bond donors (Lipinski definition) is 1. The molecular formula is C15H24N4O2. The zero-order valence-corrected chi connectivity index (χ0v) is 12.8. The summed E-state index contributed by atoms with van der Waals surface area (Å²) in [6, 6.07) is 0. The minimum absolute atomic E-state index is 0.383. The minimum atomic E-state index is -0.760. The molecule has 6 nitrogen and oxygen atoms in total. The van der Waals surface area contributed by atoms with Gasteiger partial charge in [0.15, 0.2) is 5.82 Å². The Morgan fingerprint density at radius 2 is 1.90 bits per heavy atom. The molecule has 0 spiro atoms. The SMILES string of the molecule is CCC(CC)(Cn1nnnc1C1C2CCCCC21)C(=O)O. The third kappa shape index (κ3) is 2.34. The molecule has 21 heavy (non-hydrogen) atoms. The molecule has 2 fully saturated rings. The van der Waals surface area contributed by atoms with Gasteiger partial charge >= 0.3 is 5.97 Å². The topological polar surface area (TPSA) is 80.9 Å². The standard InChI is InChI=1S/C15H24N4O2/c1-3-15(4-2,14(20)21)9-19-13(16-17-18-19)12-10-7-5-6-8-11(10)12/h10-12H,3-9H2,1-2H3,(H,20,21). The molecule has 2 atom stereocenters. The van der Waals surface area contributed by atoms with Gasteiger partial charge in [0.05, 0.1) is 12.0 Å². The fourth-order valence-corrected chi connectivity index (χ4v) is 4.07. The molecule has 2 saturated carbocycles. The maximum Gasteiger partial charge on any atom is 0.311 e. The Labute approximate surface area is 124 Å². The molecule has 1 heterocycles. The van der Waals surface area contributed by atoms with Crippen LogP contribution in [0, 0.1) is 17.3 Å². The number of carboxylic acid groups (broad SMARTS) is 1. The van der Waals surface area contributed by atoms with E-state index in [-0.39, 0.29) is 0 Å². The molecule has 0 saturated heterocycles. The van der Waals surface area contributed by atoms with Crippen molar-refractivity contribution in [3.63, 3.8) is 0 Å². The zero-order chi connectivity index (χ0) is 15.0. The molecule has 2 aliphatic carbocycles. The van der Waals surface area contributed by atoms with Crippen LogP contribution in [0.5, 0.6) is 0 Å². The Balaban J connectivity index is 1.81. The molecule has 2 unspecified atom stereocenters. The van der Waals surface area contributed by atoms with E-state index in [1.807, 2.05) is 13.8 Å². The number of aromatic nitrogens is 4. The van der Waals surface area contributed by atoms with Crippen LogP contribution >= 0.6 is 0 Å². The van der Waals surface area contributed by atoms with Crippen molar-refractivity contribution >= 4 is 5.97 Å². The number of aliphatic carboxylic acids is 1. The lowest BCUT2D eigenvalue weighted by Crippen LogP contribution is -2.35. The number of carbonyl (C=O) groups is 1. The van der Waals surface area contributed by atoms with E-state index in [4.69, 9.17) is 0 Å². The highest BCUT2D eigenvalue weighted by Gasteiger charge is 2.54. The van der Waals surface area contributed by atoms with E-state index in [1.54, 1.807) is 4.68 Å². The average molecular weight is 292 g/mol. The van der Waals surface area contributed by atoms with E-state index in [0.29, 0.717) is 25.3 Å². The first-order valence-corrected chi connectivity index (χ1v) is 8.12. The fraction of sp³-hybridized carbons (Fsp3) is 0.867. The lowest BCUT2D eigenvalue weighted by Gasteiger charge is -2.26. The number of rotatable bonds is 6. The van der Waals surface area contributed by atoms with E-state index in [1.165, 1.54) is 25.7 Å². The summed E-state index contributed by atoms with van der Waals surface area (Å²) in [7, 11) is 0. The Kier molecular flexibility index (Phi) is 3.71. The number of hydrogen-bond acceptors (Lipinski definition) is 4. The first-order chi connectivity index (χ1) is 10.1. The number of tetrazole rings is 1. The van der Waals surface area contributed by atoms with E-state index < -0.39 is 11.4 Å². The summed E-state index contributed by atoms with van der Waals surface area (Å²) in [5.41, 5.74) is -0.760. The van der Waals surface area contributed by atoms with Crippen LogP contribution in [0.25, 0.3) is 0 Å². The van der Waals surface area contributed by atoms with Crippen molar-refractivity contribution in [2.45, 2.75) is 64.8 Å². The van der Waals surface area contributed by atoms with Crippen molar-refractivity contribution in [2.75, 3.05) is 0 Å². The van der Waals surface area contributed by atoms with Gasteiger partial charge in [0, 0.05) is 5.92 Å². The van der Waals surface area contributed by atoms with Gasteiger partial charge in [-0.1, -0.05) is 26.7 Å². The molecule has 0 aliphatic heterocycles. The van der Waals surface area contributed by atoms with Gasteiger partial charge in [-0.3, -0.25) is 4.79 Å². The quantitative estimate of drug-likeness (QED) is 0.871. The molecule has 1 aromatic heterocycles. The molecular weight excluding hydrogens is 268 g/mol. The molecule has 1 N–H and O–H groups in total. The molecule has 0 bridgehead atoms. The Hall–Kier alpha value is -1.46. The van der Waals surface area contributed by atoms with Gasteiger partial charge in [0.2, 0.25) is 0 Å². The van der Waals surface area contributed by atoms with Gasteiger partial charge in [-0.05, 0) is 47.9 Å². The van der Waals surface area contributed by atoms with Gasteiger partial charge in [-0.2, -0.15) is 0 Å². The second-order valence-electron chi connectivity index (χ2n) is 6.63. The monoisotopic (exact) mass is 292 g/mol. The first kappa shape index (κ1) is 14.5. The number of carboxylic acids is 1. The molecule has 0 amide bonds. The Bertz CT molecular complexity index is 511. The van der Waals surface area contributed by atoms with Crippen LogP contribution < -0.4 is 0 Å². The van der Waals surface area contributed by atoms with Crippen molar-refractivity contribution in [1.82, 2.24) is 20.2 Å². The van der Waals surface area contributed by atoms with Gasteiger partial charge in [0.1, 0.15) is 0 Å². The molecule has 1 aromatic rings. The maximum atomic E-state index is 11.7. The van der Waals surface area contributed by atoms with Crippen molar-refractivity contribution in [3.8, 4) is 0 Å². The van der Waals surface area contributed by atoms with Crippen LogP contribution in [0.15, 0.2) is 0 Å². The van der Waals surface area contributed by atoms with E-state index in [2.05, 4.69) is 15.5 Å². The van der Waals surface area contributed by atoms with Crippen molar-refractivity contribution in [3.05, 3.63) is 5.82 Å². The normalized spacial score (nSPS) is 28.2. The predicted molar refractivity (Wildman–Crippen MR) is 76.7 cm³/mol. The Morgan fingerprint density at radius 1 is 1.29 bits per heavy atom. The molecule has 0 aromatic carbocycles. The smallest absolute Gasteiger partial charge is 0.311 e. The first-order valence-electron chi connectivity index (χ1n) is 8.12. The third-order valence-corrected chi connectivity index (χ3v) is 5.77. The summed E-state index contributed by atoms with van der Waals surface area (Å²) in [5, 5.41) is 21.7. The lowest BCUT2D eigenvalue weighted by molar-refractivity contribution is -0.150. The lowest BCUT2D eigenvalue weighted by atomic mass is 9.82. The van der Waals surface area contributed by atoms with E-state index in [0.717, 1.165) is 17.7 Å². The van der Waals surface area contributed by atoms with Crippen LogP contribution in [0.3, 0.4) is 0 Å². The summed E-state index contributed by atoms with van der Waals surface area (Å²) < 4.78 is 1.77. The van der Waals surface area contributed by atoms with Crippen LogP contribution in [0.4, 0.5) is 0 Å². The summed E-state index contributed by atoms with van der Waals surface area (Å²) in [6.45, 7) is 4.24. The predicted octanol–water partition coefficient (Wildman–Crippen LogP) is 2.47. The highest BCUT2D eigenvalue weighted by Crippen LogP contribution is 2.60. The summed E-state index contributed by atoms with van der Waals surface area (Å²) in [6.07, 6.45) is 6.34. The van der Waals surface area contributed by atoms with Gasteiger partial charge in [-0.25, -0.2) is 4.68 Å². The third-order valence-electron chi connectivity index (χ3n) is 5.77. The maximum absolute atomic E-state index is 11.7. The molecule has 6 heteroatoms. The number of nitrogens with zero attached hydrogens (tertiary/aromatic N) is 4. The summed E-state index contributed by atoms with van der Waals surface area (Å²) in [5.74, 6) is 2.08. The van der Waals surface area contributed by atoms with Crippen molar-refractivity contribution < 1.29 is 9.90 Å². The second-order valence-corrected chi connectivity index (χ2v) is 6.63. The highest BCUT2D eigenvalue weighted by molar-refractivity contribution is 5.74.